The van der Waals surface area contributed by atoms with E-state index in [-0.39, 0.29) is 0 Å². The van der Waals surface area contributed by atoms with Crippen LogP contribution >= 0.6 is 0 Å². The molecule has 1 heteroatoms. The van der Waals surface area contributed by atoms with Gasteiger partial charge in [0, 0.05) is 6.42 Å². The summed E-state index contributed by atoms with van der Waals surface area (Å²) in [7, 11) is 0. The Bertz CT molecular complexity index is 333. The Labute approximate surface area is 104 Å². The molecule has 1 aliphatic rings. The summed E-state index contributed by atoms with van der Waals surface area (Å²) >= 11 is 0. The van der Waals surface area contributed by atoms with Gasteiger partial charge in [-0.15, -0.1) is 0 Å². The first-order valence-corrected chi connectivity index (χ1v) is 6.92. The van der Waals surface area contributed by atoms with Gasteiger partial charge in [-0.2, -0.15) is 0 Å². The fraction of sp³-hybridized carbons (Fsp3) is 0.562. The lowest BCUT2D eigenvalue weighted by atomic mass is 9.84. The number of rotatable bonds is 5. The number of benzene rings is 1. The fourth-order valence-electron chi connectivity index (χ4n) is 2.78. The van der Waals surface area contributed by atoms with E-state index in [1.54, 1.807) is 0 Å². The van der Waals surface area contributed by atoms with Gasteiger partial charge in [0.15, 0.2) is 0 Å². The maximum absolute atomic E-state index is 10.3. The minimum absolute atomic E-state index is 0.685. The Morgan fingerprint density at radius 3 is 2.41 bits per heavy atom. The lowest BCUT2D eigenvalue weighted by molar-refractivity contribution is -0.107. The van der Waals surface area contributed by atoms with Gasteiger partial charge in [0.1, 0.15) is 6.29 Å². The second-order valence-corrected chi connectivity index (χ2v) is 5.14. The molecule has 0 spiro atoms. The highest BCUT2D eigenvalue weighted by Gasteiger charge is 2.14. The zero-order chi connectivity index (χ0) is 11.9. The van der Waals surface area contributed by atoms with Gasteiger partial charge < -0.3 is 4.79 Å². The van der Waals surface area contributed by atoms with Crippen LogP contribution in [0.25, 0.3) is 0 Å². The normalized spacial score (nSPS) is 16.9. The van der Waals surface area contributed by atoms with Crippen LogP contribution in [0.5, 0.6) is 0 Å². The number of carbonyl (C=O) groups excluding carboxylic acids is 1. The molecule has 0 unspecified atom stereocenters. The van der Waals surface area contributed by atoms with Gasteiger partial charge in [0.25, 0.3) is 0 Å². The van der Waals surface area contributed by atoms with Gasteiger partial charge >= 0.3 is 0 Å². The largest absolute Gasteiger partial charge is 0.303 e. The smallest absolute Gasteiger partial charge is 0.120 e. The van der Waals surface area contributed by atoms with Crippen molar-refractivity contribution in [3.63, 3.8) is 0 Å². The van der Waals surface area contributed by atoms with E-state index in [4.69, 9.17) is 0 Å². The van der Waals surface area contributed by atoms with Crippen molar-refractivity contribution in [1.29, 1.82) is 0 Å². The zero-order valence-electron chi connectivity index (χ0n) is 10.5. The number of aldehydes is 1. The van der Waals surface area contributed by atoms with Crippen molar-refractivity contribution >= 4 is 6.29 Å². The van der Waals surface area contributed by atoms with E-state index in [9.17, 15) is 4.79 Å². The maximum Gasteiger partial charge on any atom is 0.120 e. The Balaban J connectivity index is 1.90. The molecule has 0 aliphatic heterocycles. The first-order valence-electron chi connectivity index (χ1n) is 6.92. The first-order chi connectivity index (χ1) is 8.40. The van der Waals surface area contributed by atoms with E-state index in [2.05, 4.69) is 24.3 Å². The molecule has 1 aromatic rings. The van der Waals surface area contributed by atoms with Gasteiger partial charge in [-0.1, -0.05) is 43.5 Å². The molecule has 0 radical (unpaired) electrons. The molecule has 0 N–H and O–H groups in total. The Kier molecular flexibility index (Phi) is 4.78. The Morgan fingerprint density at radius 1 is 1.06 bits per heavy atom. The molecule has 0 atom stereocenters. The lowest BCUT2D eigenvalue weighted by Gasteiger charge is -2.22. The summed E-state index contributed by atoms with van der Waals surface area (Å²) in [4.78, 5) is 10.3. The zero-order valence-corrected chi connectivity index (χ0v) is 10.5. The van der Waals surface area contributed by atoms with Crippen molar-refractivity contribution in [3.05, 3.63) is 35.4 Å². The third kappa shape index (κ3) is 3.69. The van der Waals surface area contributed by atoms with Gasteiger partial charge in [-0.05, 0) is 42.7 Å². The molecule has 0 aromatic heterocycles. The minimum Gasteiger partial charge on any atom is -0.303 e. The van der Waals surface area contributed by atoms with Crippen molar-refractivity contribution in [3.8, 4) is 0 Å². The number of unbranched alkanes of at least 4 members (excludes halogenated alkanes) is 1. The SMILES string of the molecule is O=CCCCc1ccc(C2CCCCC2)cc1. The highest BCUT2D eigenvalue weighted by molar-refractivity contribution is 5.49. The van der Waals surface area contributed by atoms with Gasteiger partial charge in [0.05, 0.1) is 0 Å². The third-order valence-corrected chi connectivity index (χ3v) is 3.84. The molecule has 0 bridgehead atoms. The average molecular weight is 230 g/mol. The molecular weight excluding hydrogens is 208 g/mol. The van der Waals surface area contributed by atoms with Crippen LogP contribution in [0.2, 0.25) is 0 Å². The van der Waals surface area contributed by atoms with Gasteiger partial charge in [-0.25, -0.2) is 0 Å². The molecule has 1 aromatic carbocycles. The summed E-state index contributed by atoms with van der Waals surface area (Å²) in [6.45, 7) is 0. The number of carbonyl (C=O) groups is 1. The summed E-state index contributed by atoms with van der Waals surface area (Å²) in [5.41, 5.74) is 2.88. The van der Waals surface area contributed by atoms with E-state index in [0.29, 0.717) is 6.42 Å². The monoisotopic (exact) mass is 230 g/mol. The van der Waals surface area contributed by atoms with E-state index >= 15 is 0 Å². The van der Waals surface area contributed by atoms with Crippen molar-refractivity contribution in [2.75, 3.05) is 0 Å². The van der Waals surface area contributed by atoms with Crippen LogP contribution in [-0.4, -0.2) is 6.29 Å². The quantitative estimate of drug-likeness (QED) is 0.545. The predicted octanol–water partition coefficient (Wildman–Crippen LogP) is 4.26. The van der Waals surface area contributed by atoms with Crippen LogP contribution in [0.3, 0.4) is 0 Å². The maximum atomic E-state index is 10.3. The van der Waals surface area contributed by atoms with E-state index in [1.165, 1.54) is 43.2 Å². The molecule has 1 aliphatic carbocycles. The van der Waals surface area contributed by atoms with E-state index in [0.717, 1.165) is 25.0 Å². The van der Waals surface area contributed by atoms with Crippen molar-refractivity contribution < 1.29 is 4.79 Å². The molecule has 1 fully saturated rings. The van der Waals surface area contributed by atoms with Crippen LogP contribution in [0.15, 0.2) is 24.3 Å². The number of hydrogen-bond donors (Lipinski definition) is 0. The summed E-state index contributed by atoms with van der Waals surface area (Å²) in [5.74, 6) is 0.799. The molecular formula is C16H22O. The molecule has 0 amide bonds. The van der Waals surface area contributed by atoms with Crippen LogP contribution in [-0.2, 0) is 11.2 Å². The standard InChI is InChI=1S/C16H22O/c17-13-5-4-6-14-9-11-16(12-10-14)15-7-2-1-3-8-15/h9-13,15H,1-8H2. The predicted molar refractivity (Wildman–Crippen MR) is 71.3 cm³/mol. The van der Waals surface area contributed by atoms with E-state index < -0.39 is 0 Å². The summed E-state index contributed by atoms with van der Waals surface area (Å²) in [6, 6.07) is 9.09. The van der Waals surface area contributed by atoms with Gasteiger partial charge in [0.2, 0.25) is 0 Å². The third-order valence-electron chi connectivity index (χ3n) is 3.84. The number of aryl methyl sites for hydroxylation is 1. The van der Waals surface area contributed by atoms with Crippen LogP contribution < -0.4 is 0 Å². The van der Waals surface area contributed by atoms with Crippen LogP contribution in [0, 0.1) is 0 Å². The highest BCUT2D eigenvalue weighted by atomic mass is 16.1. The van der Waals surface area contributed by atoms with Crippen LogP contribution in [0.1, 0.15) is 62.0 Å². The molecule has 1 nitrogen and oxygen atoms in total. The Morgan fingerprint density at radius 2 is 1.76 bits per heavy atom. The minimum atomic E-state index is 0.685. The molecule has 92 valence electrons. The first kappa shape index (κ1) is 12.3. The summed E-state index contributed by atoms with van der Waals surface area (Å²) in [5, 5.41) is 0. The molecule has 0 heterocycles. The van der Waals surface area contributed by atoms with Crippen molar-refractivity contribution in [2.45, 2.75) is 57.3 Å². The molecule has 0 saturated heterocycles. The topological polar surface area (TPSA) is 17.1 Å². The molecule has 1 saturated carbocycles. The van der Waals surface area contributed by atoms with E-state index in [1.807, 2.05) is 0 Å². The van der Waals surface area contributed by atoms with Crippen molar-refractivity contribution in [2.24, 2.45) is 0 Å². The summed E-state index contributed by atoms with van der Waals surface area (Å²) < 4.78 is 0. The second-order valence-electron chi connectivity index (χ2n) is 5.14. The molecule has 17 heavy (non-hydrogen) atoms. The average Bonchev–Trinajstić information content (AvgIpc) is 2.41. The highest BCUT2D eigenvalue weighted by Crippen LogP contribution is 2.32. The van der Waals surface area contributed by atoms with Crippen molar-refractivity contribution in [1.82, 2.24) is 0 Å². The van der Waals surface area contributed by atoms with Gasteiger partial charge in [-0.3, -0.25) is 0 Å². The lowest BCUT2D eigenvalue weighted by Crippen LogP contribution is -2.04. The molecule has 2 rings (SSSR count). The van der Waals surface area contributed by atoms with Crippen LogP contribution in [0.4, 0.5) is 0 Å². The Hall–Kier alpha value is -1.11. The second kappa shape index (κ2) is 6.58. The number of hydrogen-bond acceptors (Lipinski definition) is 1. The summed E-state index contributed by atoms with van der Waals surface area (Å²) in [6.07, 6.45) is 10.6. The fourth-order valence-corrected chi connectivity index (χ4v) is 2.78.